The van der Waals surface area contributed by atoms with Gasteiger partial charge >= 0.3 is 0 Å². The molecule has 0 spiro atoms. The lowest BCUT2D eigenvalue weighted by Gasteiger charge is -2.13. The molecule has 2 nitrogen and oxygen atoms in total. The third kappa shape index (κ3) is 2.79. The number of para-hydroxylation sites is 1. The van der Waals surface area contributed by atoms with Crippen molar-refractivity contribution in [1.29, 1.82) is 0 Å². The smallest absolute Gasteiger partial charge is 0.152 e. The van der Waals surface area contributed by atoms with E-state index >= 15 is 0 Å². The van der Waals surface area contributed by atoms with Crippen molar-refractivity contribution in [2.45, 2.75) is 13.0 Å². The SMILES string of the molecule is CCNC(CSC)c1cc2cccc(Cl)c2o1. The Kier molecular flexibility index (Phi) is 4.37. The van der Waals surface area contributed by atoms with E-state index in [1.165, 1.54) is 0 Å². The molecule has 17 heavy (non-hydrogen) atoms. The summed E-state index contributed by atoms with van der Waals surface area (Å²) in [7, 11) is 0. The van der Waals surface area contributed by atoms with Crippen LogP contribution in [-0.2, 0) is 0 Å². The summed E-state index contributed by atoms with van der Waals surface area (Å²) in [5.74, 6) is 1.95. The van der Waals surface area contributed by atoms with E-state index in [1.807, 2.05) is 18.2 Å². The molecule has 0 radical (unpaired) electrons. The molecule has 1 N–H and O–H groups in total. The van der Waals surface area contributed by atoms with Gasteiger partial charge in [-0.05, 0) is 24.9 Å². The minimum absolute atomic E-state index is 0.249. The fourth-order valence-corrected chi connectivity index (χ4v) is 2.71. The minimum Gasteiger partial charge on any atom is -0.458 e. The zero-order chi connectivity index (χ0) is 12.3. The Morgan fingerprint density at radius 3 is 2.94 bits per heavy atom. The van der Waals surface area contributed by atoms with Crippen LogP contribution in [0.5, 0.6) is 0 Å². The van der Waals surface area contributed by atoms with E-state index in [1.54, 1.807) is 11.8 Å². The van der Waals surface area contributed by atoms with E-state index in [-0.39, 0.29) is 6.04 Å². The van der Waals surface area contributed by atoms with Crippen molar-refractivity contribution in [3.63, 3.8) is 0 Å². The number of hydrogen-bond acceptors (Lipinski definition) is 3. The largest absolute Gasteiger partial charge is 0.458 e. The van der Waals surface area contributed by atoms with Gasteiger partial charge in [-0.3, -0.25) is 0 Å². The van der Waals surface area contributed by atoms with Crippen LogP contribution in [-0.4, -0.2) is 18.6 Å². The van der Waals surface area contributed by atoms with E-state index in [9.17, 15) is 0 Å². The maximum atomic E-state index is 6.11. The van der Waals surface area contributed by atoms with Gasteiger partial charge in [-0.25, -0.2) is 0 Å². The molecule has 1 aromatic carbocycles. The topological polar surface area (TPSA) is 25.2 Å². The Labute approximate surface area is 111 Å². The standard InChI is InChI=1S/C13H16ClNOS/c1-3-15-11(8-17-2)12-7-9-5-4-6-10(14)13(9)16-12/h4-7,11,15H,3,8H2,1-2H3. The van der Waals surface area contributed by atoms with Crippen LogP contribution < -0.4 is 5.32 Å². The molecule has 0 aliphatic carbocycles. The number of thioether (sulfide) groups is 1. The summed E-state index contributed by atoms with van der Waals surface area (Å²) in [5.41, 5.74) is 0.785. The van der Waals surface area contributed by atoms with Crippen LogP contribution >= 0.6 is 23.4 Å². The Bertz CT molecular complexity index is 491. The number of fused-ring (bicyclic) bond motifs is 1. The number of halogens is 1. The predicted octanol–water partition coefficient (Wildman–Crippen LogP) is 4.10. The molecule has 0 amide bonds. The Balaban J connectivity index is 2.36. The lowest BCUT2D eigenvalue weighted by molar-refractivity contribution is 0.464. The Morgan fingerprint density at radius 2 is 2.29 bits per heavy atom. The van der Waals surface area contributed by atoms with Gasteiger partial charge in [0.25, 0.3) is 0 Å². The van der Waals surface area contributed by atoms with Crippen LogP contribution in [0.4, 0.5) is 0 Å². The summed E-state index contributed by atoms with van der Waals surface area (Å²) >= 11 is 7.91. The zero-order valence-electron chi connectivity index (χ0n) is 10.00. The molecular formula is C13H16ClNOS. The van der Waals surface area contributed by atoms with Gasteiger partial charge in [0.1, 0.15) is 5.76 Å². The minimum atomic E-state index is 0.249. The predicted molar refractivity (Wildman–Crippen MR) is 76.0 cm³/mol. The van der Waals surface area contributed by atoms with Gasteiger partial charge in [0.05, 0.1) is 11.1 Å². The summed E-state index contributed by atoms with van der Waals surface area (Å²) in [6.07, 6.45) is 2.10. The average Bonchev–Trinajstić information content (AvgIpc) is 2.74. The van der Waals surface area contributed by atoms with Crippen molar-refractivity contribution in [2.24, 2.45) is 0 Å². The molecule has 2 aromatic rings. The van der Waals surface area contributed by atoms with E-state index in [4.69, 9.17) is 16.0 Å². The van der Waals surface area contributed by atoms with Gasteiger partial charge in [-0.1, -0.05) is 30.7 Å². The molecule has 1 atom stereocenters. The highest BCUT2D eigenvalue weighted by atomic mass is 35.5. The van der Waals surface area contributed by atoms with Gasteiger partial charge < -0.3 is 9.73 Å². The first kappa shape index (κ1) is 12.8. The van der Waals surface area contributed by atoms with Crippen molar-refractivity contribution in [3.8, 4) is 0 Å². The number of nitrogens with one attached hydrogen (secondary N) is 1. The maximum Gasteiger partial charge on any atom is 0.152 e. The molecule has 0 saturated heterocycles. The fourth-order valence-electron chi connectivity index (χ4n) is 1.87. The summed E-state index contributed by atoms with van der Waals surface area (Å²) in [4.78, 5) is 0. The molecule has 0 aliphatic rings. The molecule has 0 fully saturated rings. The Hall–Kier alpha value is -0.640. The Morgan fingerprint density at radius 1 is 1.47 bits per heavy atom. The number of rotatable bonds is 5. The first-order valence-corrected chi connectivity index (χ1v) is 7.43. The fraction of sp³-hybridized carbons (Fsp3) is 0.385. The van der Waals surface area contributed by atoms with Crippen LogP contribution in [0.15, 0.2) is 28.7 Å². The van der Waals surface area contributed by atoms with Gasteiger partial charge in [0.15, 0.2) is 5.58 Å². The third-order valence-electron chi connectivity index (χ3n) is 2.64. The highest BCUT2D eigenvalue weighted by molar-refractivity contribution is 7.98. The average molecular weight is 270 g/mol. The molecule has 0 aliphatic heterocycles. The third-order valence-corrected chi connectivity index (χ3v) is 3.61. The molecule has 0 saturated carbocycles. The quantitative estimate of drug-likeness (QED) is 0.885. The highest BCUT2D eigenvalue weighted by Crippen LogP contribution is 2.30. The number of furan rings is 1. The molecule has 1 heterocycles. The van der Waals surface area contributed by atoms with Crippen LogP contribution in [0.2, 0.25) is 5.02 Å². The first-order chi connectivity index (χ1) is 8.26. The molecule has 0 bridgehead atoms. The molecule has 1 aromatic heterocycles. The van der Waals surface area contributed by atoms with Gasteiger partial charge in [-0.15, -0.1) is 0 Å². The van der Waals surface area contributed by atoms with E-state index < -0.39 is 0 Å². The van der Waals surface area contributed by atoms with Gasteiger partial charge in [0, 0.05) is 11.1 Å². The maximum absolute atomic E-state index is 6.11. The normalized spacial score (nSPS) is 13.1. The summed E-state index contributed by atoms with van der Waals surface area (Å²) in [6.45, 7) is 3.03. The van der Waals surface area contributed by atoms with E-state index in [0.717, 1.165) is 29.0 Å². The second kappa shape index (κ2) is 5.80. The molecule has 2 rings (SSSR count). The van der Waals surface area contributed by atoms with E-state index in [0.29, 0.717) is 5.02 Å². The molecule has 4 heteroatoms. The zero-order valence-corrected chi connectivity index (χ0v) is 11.6. The second-order valence-electron chi connectivity index (χ2n) is 3.87. The van der Waals surface area contributed by atoms with Crippen molar-refractivity contribution >= 4 is 34.3 Å². The van der Waals surface area contributed by atoms with Crippen LogP contribution in [0, 0.1) is 0 Å². The highest BCUT2D eigenvalue weighted by Gasteiger charge is 2.15. The molecular weight excluding hydrogens is 254 g/mol. The molecule has 92 valence electrons. The van der Waals surface area contributed by atoms with Crippen molar-refractivity contribution in [1.82, 2.24) is 5.32 Å². The number of benzene rings is 1. The van der Waals surface area contributed by atoms with Crippen LogP contribution in [0.1, 0.15) is 18.7 Å². The van der Waals surface area contributed by atoms with Crippen molar-refractivity contribution in [3.05, 3.63) is 35.0 Å². The number of hydrogen-bond donors (Lipinski definition) is 1. The van der Waals surface area contributed by atoms with Crippen molar-refractivity contribution in [2.75, 3.05) is 18.6 Å². The van der Waals surface area contributed by atoms with Crippen molar-refractivity contribution < 1.29 is 4.42 Å². The van der Waals surface area contributed by atoms with Gasteiger partial charge in [0.2, 0.25) is 0 Å². The first-order valence-electron chi connectivity index (χ1n) is 5.66. The summed E-state index contributed by atoms with van der Waals surface area (Å²) in [6, 6.07) is 8.15. The lowest BCUT2D eigenvalue weighted by atomic mass is 10.2. The lowest BCUT2D eigenvalue weighted by Crippen LogP contribution is -2.22. The summed E-state index contributed by atoms with van der Waals surface area (Å²) < 4.78 is 5.86. The van der Waals surface area contributed by atoms with Crippen LogP contribution in [0.25, 0.3) is 11.0 Å². The van der Waals surface area contributed by atoms with E-state index in [2.05, 4.69) is 24.6 Å². The molecule has 1 unspecified atom stereocenters. The second-order valence-corrected chi connectivity index (χ2v) is 5.19. The summed E-state index contributed by atoms with van der Waals surface area (Å²) in [5, 5.41) is 5.16. The van der Waals surface area contributed by atoms with Crippen LogP contribution in [0.3, 0.4) is 0 Å². The monoisotopic (exact) mass is 269 g/mol. The van der Waals surface area contributed by atoms with Gasteiger partial charge in [-0.2, -0.15) is 11.8 Å².